The highest BCUT2D eigenvalue weighted by atomic mass is 32.1. The Balaban J connectivity index is 2.79. The van der Waals surface area contributed by atoms with Gasteiger partial charge in [0.1, 0.15) is 11.0 Å². The maximum Gasteiger partial charge on any atom is 0.348 e. The van der Waals surface area contributed by atoms with Gasteiger partial charge in [-0.1, -0.05) is 0 Å². The minimum absolute atomic E-state index is 0.159. The number of hydrogen-bond acceptors (Lipinski definition) is 6. The van der Waals surface area contributed by atoms with Crippen molar-refractivity contribution in [1.29, 1.82) is 0 Å². The van der Waals surface area contributed by atoms with Gasteiger partial charge in [0.25, 0.3) is 0 Å². The van der Waals surface area contributed by atoms with Crippen molar-refractivity contribution in [1.82, 2.24) is 0 Å². The summed E-state index contributed by atoms with van der Waals surface area (Å²) in [5, 5.41) is 19.0. The van der Waals surface area contributed by atoms with Crippen LogP contribution in [-0.4, -0.2) is 35.1 Å². The highest BCUT2D eigenvalue weighted by molar-refractivity contribution is 7.80. The summed E-state index contributed by atoms with van der Waals surface area (Å²) in [6, 6.07) is 3.15. The van der Waals surface area contributed by atoms with Crippen molar-refractivity contribution in [3.8, 4) is 0 Å². The molecule has 4 nitrogen and oxygen atoms in total. The lowest BCUT2D eigenvalue weighted by Gasteiger charge is -2.13. The van der Waals surface area contributed by atoms with E-state index in [1.807, 2.05) is 0 Å². The summed E-state index contributed by atoms with van der Waals surface area (Å²) < 4.78 is 4.53. The fraction of sp³-hybridized carbons (Fsp3) is 0.444. The number of carbonyl (C=O) groups is 1. The van der Waals surface area contributed by atoms with E-state index in [0.717, 1.165) is 11.3 Å². The van der Waals surface area contributed by atoms with E-state index in [-0.39, 0.29) is 5.75 Å². The van der Waals surface area contributed by atoms with Gasteiger partial charge in [-0.2, -0.15) is 12.6 Å². The van der Waals surface area contributed by atoms with E-state index in [4.69, 9.17) is 0 Å². The highest BCUT2D eigenvalue weighted by Gasteiger charge is 2.20. The maximum absolute atomic E-state index is 11.1. The smallest absolute Gasteiger partial charge is 0.348 e. The number of thiophene rings is 1. The number of rotatable bonds is 4. The van der Waals surface area contributed by atoms with Crippen LogP contribution in [0.1, 0.15) is 20.7 Å². The van der Waals surface area contributed by atoms with Crippen LogP contribution >= 0.6 is 24.0 Å². The second-order valence-electron chi connectivity index (χ2n) is 2.89. The molecule has 0 fully saturated rings. The van der Waals surface area contributed by atoms with Gasteiger partial charge in [0.2, 0.25) is 0 Å². The zero-order chi connectivity index (χ0) is 11.4. The van der Waals surface area contributed by atoms with Crippen molar-refractivity contribution in [3.63, 3.8) is 0 Å². The Morgan fingerprint density at radius 2 is 2.27 bits per heavy atom. The van der Waals surface area contributed by atoms with Crippen LogP contribution in [0, 0.1) is 0 Å². The molecule has 0 radical (unpaired) electrons. The van der Waals surface area contributed by atoms with E-state index < -0.39 is 18.2 Å². The van der Waals surface area contributed by atoms with Crippen molar-refractivity contribution in [2.24, 2.45) is 0 Å². The Kier molecular flexibility index (Phi) is 4.59. The molecule has 1 aromatic rings. The lowest BCUT2D eigenvalue weighted by atomic mass is 10.2. The van der Waals surface area contributed by atoms with Gasteiger partial charge in [-0.15, -0.1) is 11.3 Å². The number of esters is 1. The quantitative estimate of drug-likeness (QED) is 0.546. The SMILES string of the molecule is COC(=O)c1ccc(C(O)C(O)CS)s1. The van der Waals surface area contributed by atoms with Crippen LogP contribution in [-0.2, 0) is 4.74 Å². The number of carbonyl (C=O) groups excluding carboxylic acids is 1. The van der Waals surface area contributed by atoms with Gasteiger partial charge in [0.05, 0.1) is 13.2 Å². The Bertz CT molecular complexity index is 337. The molecule has 0 aromatic carbocycles. The molecular weight excluding hydrogens is 236 g/mol. The first-order chi connectivity index (χ1) is 7.10. The van der Waals surface area contributed by atoms with E-state index in [2.05, 4.69) is 17.4 Å². The average Bonchev–Trinajstić information content (AvgIpc) is 2.75. The van der Waals surface area contributed by atoms with Crippen LogP contribution in [0.2, 0.25) is 0 Å². The molecule has 2 N–H and O–H groups in total. The molecule has 0 amide bonds. The van der Waals surface area contributed by atoms with Gasteiger partial charge in [0, 0.05) is 10.6 Å². The molecule has 15 heavy (non-hydrogen) atoms. The molecule has 0 aliphatic carbocycles. The molecule has 0 saturated heterocycles. The molecule has 2 unspecified atom stereocenters. The first-order valence-electron chi connectivity index (χ1n) is 4.25. The third-order valence-electron chi connectivity index (χ3n) is 1.86. The number of hydrogen-bond donors (Lipinski definition) is 3. The lowest BCUT2D eigenvalue weighted by molar-refractivity contribution is 0.0360. The Morgan fingerprint density at radius 1 is 1.60 bits per heavy atom. The molecule has 84 valence electrons. The molecular formula is C9H12O4S2. The predicted octanol–water partition coefficient (Wildman–Crippen LogP) is 0.859. The normalized spacial score (nSPS) is 14.7. The summed E-state index contributed by atoms with van der Waals surface area (Å²) in [5.74, 6) is -0.286. The van der Waals surface area contributed by atoms with Gasteiger partial charge < -0.3 is 14.9 Å². The number of aliphatic hydroxyl groups is 2. The Hall–Kier alpha value is -0.560. The van der Waals surface area contributed by atoms with E-state index in [1.54, 1.807) is 12.1 Å². The molecule has 6 heteroatoms. The van der Waals surface area contributed by atoms with Gasteiger partial charge in [0.15, 0.2) is 0 Å². The summed E-state index contributed by atoms with van der Waals surface area (Å²) in [5.41, 5.74) is 0. The highest BCUT2D eigenvalue weighted by Crippen LogP contribution is 2.26. The third-order valence-corrected chi connectivity index (χ3v) is 3.37. The van der Waals surface area contributed by atoms with Crippen molar-refractivity contribution in [2.75, 3.05) is 12.9 Å². The molecule has 0 spiro atoms. The first-order valence-corrected chi connectivity index (χ1v) is 5.70. The monoisotopic (exact) mass is 248 g/mol. The zero-order valence-electron chi connectivity index (χ0n) is 8.08. The van der Waals surface area contributed by atoms with Crippen molar-refractivity contribution in [2.45, 2.75) is 12.2 Å². The van der Waals surface area contributed by atoms with E-state index >= 15 is 0 Å². The van der Waals surface area contributed by atoms with Crippen LogP contribution in [0.15, 0.2) is 12.1 Å². The van der Waals surface area contributed by atoms with Crippen LogP contribution in [0.25, 0.3) is 0 Å². The third kappa shape index (κ3) is 2.94. The van der Waals surface area contributed by atoms with Crippen molar-refractivity contribution < 1.29 is 19.7 Å². The number of aliphatic hydroxyl groups excluding tert-OH is 2. The van der Waals surface area contributed by atoms with E-state index in [9.17, 15) is 15.0 Å². The van der Waals surface area contributed by atoms with Crippen LogP contribution in [0.5, 0.6) is 0 Å². The Morgan fingerprint density at radius 3 is 2.80 bits per heavy atom. The topological polar surface area (TPSA) is 66.8 Å². The largest absolute Gasteiger partial charge is 0.465 e. The molecule has 0 aliphatic heterocycles. The zero-order valence-corrected chi connectivity index (χ0v) is 9.79. The van der Waals surface area contributed by atoms with Crippen LogP contribution in [0.3, 0.4) is 0 Å². The summed E-state index contributed by atoms with van der Waals surface area (Å²) >= 11 is 4.97. The second-order valence-corrected chi connectivity index (χ2v) is 4.37. The summed E-state index contributed by atoms with van der Waals surface area (Å²) in [7, 11) is 1.29. The maximum atomic E-state index is 11.1. The second kappa shape index (κ2) is 5.50. The molecule has 0 bridgehead atoms. The van der Waals surface area contributed by atoms with Gasteiger partial charge in [-0.05, 0) is 12.1 Å². The molecule has 0 saturated carbocycles. The van der Waals surface area contributed by atoms with Gasteiger partial charge in [-0.3, -0.25) is 0 Å². The Labute approximate surface area is 96.9 Å². The number of thiol groups is 1. The average molecular weight is 248 g/mol. The number of methoxy groups -OCH3 is 1. The minimum Gasteiger partial charge on any atom is -0.465 e. The first kappa shape index (κ1) is 12.5. The van der Waals surface area contributed by atoms with Gasteiger partial charge in [-0.25, -0.2) is 4.79 Å². The molecule has 1 aromatic heterocycles. The van der Waals surface area contributed by atoms with Crippen LogP contribution in [0.4, 0.5) is 0 Å². The molecule has 0 aliphatic rings. The molecule has 2 atom stereocenters. The fourth-order valence-corrected chi connectivity index (χ4v) is 2.18. The summed E-state index contributed by atoms with van der Waals surface area (Å²) in [6.07, 6.45) is -1.94. The fourth-order valence-electron chi connectivity index (χ4n) is 1.01. The molecule has 1 heterocycles. The standard InChI is InChI=1S/C9H12O4S2/c1-13-9(12)7-3-2-6(15-7)8(11)5(10)4-14/h2-3,5,8,10-11,14H,4H2,1H3. The molecule has 1 rings (SSSR count). The number of ether oxygens (including phenoxy) is 1. The van der Waals surface area contributed by atoms with Crippen molar-refractivity contribution >= 4 is 29.9 Å². The van der Waals surface area contributed by atoms with Crippen molar-refractivity contribution in [3.05, 3.63) is 21.9 Å². The lowest BCUT2D eigenvalue weighted by Crippen LogP contribution is -2.18. The van der Waals surface area contributed by atoms with E-state index in [0.29, 0.717) is 9.75 Å². The van der Waals surface area contributed by atoms with Gasteiger partial charge >= 0.3 is 5.97 Å². The minimum atomic E-state index is -1.01. The van der Waals surface area contributed by atoms with E-state index in [1.165, 1.54) is 7.11 Å². The summed E-state index contributed by atoms with van der Waals surface area (Å²) in [6.45, 7) is 0. The predicted molar refractivity (Wildman–Crippen MR) is 60.5 cm³/mol. The summed E-state index contributed by atoms with van der Waals surface area (Å²) in [4.78, 5) is 12.0. The van der Waals surface area contributed by atoms with Crippen LogP contribution < -0.4 is 0 Å².